The average Bonchev–Trinajstić information content (AvgIpc) is 2.42. The molecular weight excluding hydrogens is 220 g/mol. The molecule has 0 heterocycles. The summed E-state index contributed by atoms with van der Waals surface area (Å²) in [5, 5.41) is 0. The van der Waals surface area contributed by atoms with Crippen LogP contribution in [0.5, 0.6) is 5.75 Å². The highest BCUT2D eigenvalue weighted by Crippen LogP contribution is 2.17. The highest BCUT2D eigenvalue weighted by molar-refractivity contribution is 5.20. The van der Waals surface area contributed by atoms with Crippen molar-refractivity contribution in [2.75, 3.05) is 6.61 Å². The molecule has 1 rings (SSSR count). The summed E-state index contributed by atoms with van der Waals surface area (Å²) >= 11 is 0. The van der Waals surface area contributed by atoms with Crippen molar-refractivity contribution in [1.29, 1.82) is 0 Å². The molecule has 0 aliphatic rings. The number of unbranched alkanes of at least 4 members (excludes halogenated alkanes) is 3. The Bertz CT molecular complexity index is 305. The Morgan fingerprint density at radius 3 is 2.61 bits per heavy atom. The molecule has 1 aromatic carbocycles. The molecule has 0 aromatic heterocycles. The number of ether oxygens (including phenoxy) is 1. The van der Waals surface area contributed by atoms with E-state index in [9.17, 15) is 0 Å². The zero-order valence-electron chi connectivity index (χ0n) is 11.6. The summed E-state index contributed by atoms with van der Waals surface area (Å²) in [6, 6.07) is 10.1. The smallest absolute Gasteiger partial charge is 0.119 e. The van der Waals surface area contributed by atoms with Crippen LogP contribution in [0.1, 0.15) is 45.4 Å². The first-order valence-corrected chi connectivity index (χ1v) is 7.15. The van der Waals surface area contributed by atoms with Crippen LogP contribution in [-0.4, -0.2) is 6.61 Å². The van der Waals surface area contributed by atoms with Gasteiger partial charge in [0.05, 0.1) is 6.61 Å². The fraction of sp³-hybridized carbons (Fsp3) is 0.529. The van der Waals surface area contributed by atoms with Crippen molar-refractivity contribution in [3.05, 3.63) is 43.0 Å². The Morgan fingerprint density at radius 1 is 1.17 bits per heavy atom. The minimum absolute atomic E-state index is 0.611. The van der Waals surface area contributed by atoms with Gasteiger partial charge >= 0.3 is 0 Å². The van der Waals surface area contributed by atoms with Crippen molar-refractivity contribution >= 4 is 0 Å². The van der Waals surface area contributed by atoms with Crippen LogP contribution in [-0.2, 0) is 0 Å². The van der Waals surface area contributed by atoms with Gasteiger partial charge in [0.1, 0.15) is 5.75 Å². The van der Waals surface area contributed by atoms with E-state index in [1.54, 1.807) is 0 Å². The Labute approximate surface area is 112 Å². The summed E-state index contributed by atoms with van der Waals surface area (Å²) in [5.41, 5.74) is 0. The minimum atomic E-state index is 0.611. The van der Waals surface area contributed by atoms with Crippen molar-refractivity contribution in [2.24, 2.45) is 5.92 Å². The van der Waals surface area contributed by atoms with Crippen LogP contribution in [0.2, 0.25) is 0 Å². The van der Waals surface area contributed by atoms with Gasteiger partial charge in [0.15, 0.2) is 0 Å². The van der Waals surface area contributed by atoms with Gasteiger partial charge in [0.25, 0.3) is 0 Å². The SMILES string of the molecule is C=CCC(CCCCCC)COc1ccccc1. The van der Waals surface area contributed by atoms with Crippen molar-refractivity contribution in [3.8, 4) is 5.75 Å². The largest absolute Gasteiger partial charge is 0.493 e. The molecule has 1 aromatic rings. The van der Waals surface area contributed by atoms with Gasteiger partial charge in [-0.2, -0.15) is 0 Å². The monoisotopic (exact) mass is 246 g/mol. The summed E-state index contributed by atoms with van der Waals surface area (Å²) in [7, 11) is 0. The molecule has 1 unspecified atom stereocenters. The summed E-state index contributed by atoms with van der Waals surface area (Å²) < 4.78 is 5.83. The zero-order valence-corrected chi connectivity index (χ0v) is 11.6. The molecule has 0 N–H and O–H groups in total. The average molecular weight is 246 g/mol. The number of allylic oxidation sites excluding steroid dienone is 1. The standard InChI is InChI=1S/C17H26O/c1-3-5-6-8-12-16(11-4-2)15-18-17-13-9-7-10-14-17/h4,7,9-10,13-14,16H,2-3,5-6,8,11-12,15H2,1H3. The number of hydrogen-bond acceptors (Lipinski definition) is 1. The lowest BCUT2D eigenvalue weighted by Gasteiger charge is -2.16. The Balaban J connectivity index is 2.26. The van der Waals surface area contributed by atoms with E-state index in [1.165, 1.54) is 32.1 Å². The molecule has 1 nitrogen and oxygen atoms in total. The van der Waals surface area contributed by atoms with Crippen molar-refractivity contribution in [2.45, 2.75) is 45.4 Å². The van der Waals surface area contributed by atoms with E-state index in [2.05, 4.69) is 13.5 Å². The van der Waals surface area contributed by atoms with Gasteiger partial charge in [-0.15, -0.1) is 6.58 Å². The highest BCUT2D eigenvalue weighted by Gasteiger charge is 2.07. The normalized spacial score (nSPS) is 12.1. The third-order valence-corrected chi connectivity index (χ3v) is 3.19. The molecule has 18 heavy (non-hydrogen) atoms. The first-order chi connectivity index (χ1) is 8.86. The fourth-order valence-corrected chi connectivity index (χ4v) is 2.10. The van der Waals surface area contributed by atoms with Gasteiger partial charge in [0.2, 0.25) is 0 Å². The Morgan fingerprint density at radius 2 is 1.94 bits per heavy atom. The van der Waals surface area contributed by atoms with Gasteiger partial charge in [-0.05, 0) is 30.9 Å². The topological polar surface area (TPSA) is 9.23 Å². The van der Waals surface area contributed by atoms with E-state index < -0.39 is 0 Å². The molecule has 0 spiro atoms. The zero-order chi connectivity index (χ0) is 13.1. The lowest BCUT2D eigenvalue weighted by molar-refractivity contribution is 0.238. The van der Waals surface area contributed by atoms with Crippen LogP contribution in [0.25, 0.3) is 0 Å². The molecule has 0 radical (unpaired) electrons. The first kappa shape index (κ1) is 14.8. The minimum Gasteiger partial charge on any atom is -0.493 e. The number of hydrogen-bond donors (Lipinski definition) is 0. The fourth-order valence-electron chi connectivity index (χ4n) is 2.10. The lowest BCUT2D eigenvalue weighted by atomic mass is 9.98. The van der Waals surface area contributed by atoms with Crippen LogP contribution in [0, 0.1) is 5.92 Å². The number of para-hydroxylation sites is 1. The maximum Gasteiger partial charge on any atom is 0.119 e. The van der Waals surface area contributed by atoms with E-state index in [0.717, 1.165) is 18.8 Å². The quantitative estimate of drug-likeness (QED) is 0.406. The molecule has 1 heteroatoms. The van der Waals surface area contributed by atoms with Crippen molar-refractivity contribution in [3.63, 3.8) is 0 Å². The summed E-state index contributed by atoms with van der Waals surface area (Å²) in [6.07, 6.45) is 9.61. The van der Waals surface area contributed by atoms with Crippen molar-refractivity contribution in [1.82, 2.24) is 0 Å². The highest BCUT2D eigenvalue weighted by atomic mass is 16.5. The van der Waals surface area contributed by atoms with Crippen LogP contribution >= 0.6 is 0 Å². The molecule has 0 fully saturated rings. The van der Waals surface area contributed by atoms with E-state index in [1.807, 2.05) is 36.4 Å². The molecule has 0 bridgehead atoms. The molecule has 0 saturated heterocycles. The summed E-state index contributed by atoms with van der Waals surface area (Å²) in [4.78, 5) is 0. The third kappa shape index (κ3) is 6.48. The molecule has 0 aliphatic heterocycles. The summed E-state index contributed by atoms with van der Waals surface area (Å²) in [5.74, 6) is 1.58. The molecule has 0 saturated carbocycles. The van der Waals surface area contributed by atoms with Gasteiger partial charge in [0, 0.05) is 0 Å². The van der Waals surface area contributed by atoms with Crippen LogP contribution in [0.4, 0.5) is 0 Å². The van der Waals surface area contributed by atoms with E-state index in [4.69, 9.17) is 4.74 Å². The molecule has 0 aliphatic carbocycles. The van der Waals surface area contributed by atoms with Gasteiger partial charge in [-0.1, -0.05) is 56.9 Å². The predicted octanol–water partition coefficient (Wildman–Crippen LogP) is 5.23. The first-order valence-electron chi connectivity index (χ1n) is 7.15. The maximum absolute atomic E-state index is 5.83. The lowest BCUT2D eigenvalue weighted by Crippen LogP contribution is -2.11. The number of benzene rings is 1. The summed E-state index contributed by atoms with van der Waals surface area (Å²) in [6.45, 7) is 6.90. The molecule has 100 valence electrons. The van der Waals surface area contributed by atoms with Crippen LogP contribution in [0.3, 0.4) is 0 Å². The van der Waals surface area contributed by atoms with E-state index in [0.29, 0.717) is 5.92 Å². The molecular formula is C17H26O. The van der Waals surface area contributed by atoms with Crippen LogP contribution < -0.4 is 4.74 Å². The maximum atomic E-state index is 5.83. The second kappa shape index (κ2) is 9.76. The van der Waals surface area contributed by atoms with Gasteiger partial charge in [-0.3, -0.25) is 0 Å². The Hall–Kier alpha value is -1.24. The van der Waals surface area contributed by atoms with Gasteiger partial charge < -0.3 is 4.74 Å². The third-order valence-electron chi connectivity index (χ3n) is 3.19. The number of rotatable bonds is 10. The predicted molar refractivity (Wildman–Crippen MR) is 79.0 cm³/mol. The van der Waals surface area contributed by atoms with Crippen LogP contribution in [0.15, 0.2) is 43.0 Å². The second-order valence-electron chi connectivity index (χ2n) is 4.86. The van der Waals surface area contributed by atoms with E-state index >= 15 is 0 Å². The molecule has 1 atom stereocenters. The second-order valence-corrected chi connectivity index (χ2v) is 4.86. The Kier molecular flexibility index (Phi) is 8.03. The van der Waals surface area contributed by atoms with Crippen molar-refractivity contribution < 1.29 is 4.74 Å². The van der Waals surface area contributed by atoms with E-state index in [-0.39, 0.29) is 0 Å². The molecule has 0 amide bonds. The van der Waals surface area contributed by atoms with Gasteiger partial charge in [-0.25, -0.2) is 0 Å².